The van der Waals surface area contributed by atoms with Crippen molar-refractivity contribution in [2.45, 2.75) is 37.4 Å². The predicted octanol–water partition coefficient (Wildman–Crippen LogP) is 1.30. The second-order valence-corrected chi connectivity index (χ2v) is 9.95. The molecule has 0 radical (unpaired) electrons. The van der Waals surface area contributed by atoms with E-state index in [9.17, 15) is 18.0 Å². The number of morpholine rings is 1. The molecule has 1 atom stereocenters. The van der Waals surface area contributed by atoms with Crippen molar-refractivity contribution >= 4 is 21.8 Å². The van der Waals surface area contributed by atoms with Gasteiger partial charge in [0.2, 0.25) is 21.8 Å². The van der Waals surface area contributed by atoms with Crippen molar-refractivity contribution in [3.05, 3.63) is 65.2 Å². The van der Waals surface area contributed by atoms with Gasteiger partial charge in [-0.15, -0.1) is 0 Å². The second-order valence-electron chi connectivity index (χ2n) is 8.01. The number of ether oxygens (including phenoxy) is 1. The molecule has 1 N–H and O–H groups in total. The van der Waals surface area contributed by atoms with Crippen molar-refractivity contribution in [2.75, 3.05) is 26.3 Å². The third kappa shape index (κ3) is 4.69. The molecule has 170 valence electrons. The second kappa shape index (κ2) is 9.40. The average molecular weight is 458 g/mol. The van der Waals surface area contributed by atoms with Gasteiger partial charge >= 0.3 is 0 Å². The highest BCUT2D eigenvalue weighted by Gasteiger charge is 2.33. The Labute approximate surface area is 188 Å². The number of nitrogens with zero attached hydrogens (tertiary/aromatic N) is 2. The van der Waals surface area contributed by atoms with Crippen molar-refractivity contribution in [1.82, 2.24) is 14.5 Å². The lowest BCUT2D eigenvalue weighted by Crippen LogP contribution is -2.51. The van der Waals surface area contributed by atoms with E-state index in [1.165, 1.54) is 11.2 Å². The Morgan fingerprint density at radius 2 is 1.69 bits per heavy atom. The molecule has 2 aromatic carbocycles. The minimum Gasteiger partial charge on any atom is -0.379 e. The van der Waals surface area contributed by atoms with E-state index in [1.54, 1.807) is 29.2 Å². The topological polar surface area (TPSA) is 96.0 Å². The van der Waals surface area contributed by atoms with Crippen molar-refractivity contribution < 1.29 is 22.7 Å². The fourth-order valence-corrected chi connectivity index (χ4v) is 5.52. The lowest BCUT2D eigenvalue weighted by molar-refractivity contribution is -0.140. The number of carbonyl (C=O) groups is 2. The molecule has 9 heteroatoms. The number of benzene rings is 2. The van der Waals surface area contributed by atoms with E-state index in [0.717, 1.165) is 16.7 Å². The van der Waals surface area contributed by atoms with E-state index in [2.05, 4.69) is 5.32 Å². The van der Waals surface area contributed by atoms with Crippen LogP contribution in [-0.4, -0.2) is 61.8 Å². The standard InChI is InChI=1S/C23H27N3O5S/c1-17(27)26-16-20-5-3-2-4-19(20)14-22(26)23(28)24-15-18-6-8-21(9-7-18)32(29,30)25-10-12-31-13-11-25/h2-9,22H,10-16H2,1H3,(H,24,28)/t22-/m0/s1. The molecule has 2 aliphatic rings. The molecule has 2 heterocycles. The molecule has 1 saturated heterocycles. The minimum atomic E-state index is -3.55. The molecule has 8 nitrogen and oxygen atoms in total. The van der Waals surface area contributed by atoms with Gasteiger partial charge in [-0.25, -0.2) is 8.42 Å². The summed E-state index contributed by atoms with van der Waals surface area (Å²) >= 11 is 0. The molecule has 0 spiro atoms. The first-order valence-electron chi connectivity index (χ1n) is 10.6. The summed E-state index contributed by atoms with van der Waals surface area (Å²) in [5.74, 6) is -0.364. The van der Waals surface area contributed by atoms with E-state index in [4.69, 9.17) is 4.74 Å². The lowest BCUT2D eigenvalue weighted by atomic mass is 9.93. The van der Waals surface area contributed by atoms with Gasteiger partial charge in [0, 0.05) is 39.5 Å². The summed E-state index contributed by atoms with van der Waals surface area (Å²) in [7, 11) is -3.55. The van der Waals surface area contributed by atoms with E-state index >= 15 is 0 Å². The van der Waals surface area contributed by atoms with Gasteiger partial charge in [0.15, 0.2) is 0 Å². The van der Waals surface area contributed by atoms with Crippen LogP contribution in [0.2, 0.25) is 0 Å². The summed E-state index contributed by atoms with van der Waals surface area (Å²) in [5.41, 5.74) is 2.91. The van der Waals surface area contributed by atoms with E-state index in [0.29, 0.717) is 39.3 Å². The fourth-order valence-electron chi connectivity index (χ4n) is 4.11. The molecule has 32 heavy (non-hydrogen) atoms. The maximum Gasteiger partial charge on any atom is 0.243 e. The average Bonchev–Trinajstić information content (AvgIpc) is 2.82. The summed E-state index contributed by atoms with van der Waals surface area (Å²) in [6.07, 6.45) is 0.471. The van der Waals surface area contributed by atoms with Gasteiger partial charge in [-0.1, -0.05) is 36.4 Å². The minimum absolute atomic E-state index is 0.141. The third-order valence-electron chi connectivity index (χ3n) is 5.95. The number of nitrogens with one attached hydrogen (secondary N) is 1. The normalized spacial score (nSPS) is 19.3. The number of amides is 2. The van der Waals surface area contributed by atoms with Crippen molar-refractivity contribution in [3.63, 3.8) is 0 Å². The predicted molar refractivity (Wildman–Crippen MR) is 118 cm³/mol. The van der Waals surface area contributed by atoms with Crippen LogP contribution in [0.3, 0.4) is 0 Å². The third-order valence-corrected chi connectivity index (χ3v) is 7.87. The van der Waals surface area contributed by atoms with Crippen LogP contribution in [0.25, 0.3) is 0 Å². The van der Waals surface area contributed by atoms with E-state index < -0.39 is 16.1 Å². The van der Waals surface area contributed by atoms with Crippen LogP contribution in [0.15, 0.2) is 53.4 Å². The molecular weight excluding hydrogens is 430 g/mol. The van der Waals surface area contributed by atoms with Crippen LogP contribution in [0.1, 0.15) is 23.6 Å². The molecule has 0 aromatic heterocycles. The van der Waals surface area contributed by atoms with Crippen LogP contribution in [0.4, 0.5) is 0 Å². The lowest BCUT2D eigenvalue weighted by Gasteiger charge is -2.35. The zero-order valence-electron chi connectivity index (χ0n) is 18.0. The maximum atomic E-state index is 12.9. The van der Waals surface area contributed by atoms with Gasteiger partial charge in [0.25, 0.3) is 0 Å². The van der Waals surface area contributed by atoms with Crippen LogP contribution < -0.4 is 5.32 Å². The zero-order chi connectivity index (χ0) is 22.7. The number of hydrogen-bond donors (Lipinski definition) is 1. The van der Waals surface area contributed by atoms with E-state index in [-0.39, 0.29) is 23.3 Å². The Bertz CT molecular complexity index is 1090. The number of carbonyl (C=O) groups excluding carboxylic acids is 2. The van der Waals surface area contributed by atoms with Gasteiger partial charge in [-0.2, -0.15) is 4.31 Å². The Balaban J connectivity index is 1.41. The zero-order valence-corrected chi connectivity index (χ0v) is 18.8. The summed E-state index contributed by atoms with van der Waals surface area (Å²) < 4.78 is 32.1. The van der Waals surface area contributed by atoms with Gasteiger partial charge in [-0.05, 0) is 28.8 Å². The Kier molecular flexibility index (Phi) is 6.59. The Morgan fingerprint density at radius 3 is 2.34 bits per heavy atom. The number of rotatable bonds is 5. The molecule has 0 bridgehead atoms. The van der Waals surface area contributed by atoms with Crippen LogP contribution in [0.5, 0.6) is 0 Å². The number of fused-ring (bicyclic) bond motifs is 1. The van der Waals surface area contributed by atoms with Gasteiger partial charge in [0.1, 0.15) is 6.04 Å². The van der Waals surface area contributed by atoms with Crippen LogP contribution in [-0.2, 0) is 43.9 Å². The summed E-state index contributed by atoms with van der Waals surface area (Å²) in [6, 6.07) is 13.8. The molecule has 2 aromatic rings. The van der Waals surface area contributed by atoms with Gasteiger partial charge < -0.3 is 15.0 Å². The SMILES string of the molecule is CC(=O)N1Cc2ccccc2C[C@H]1C(=O)NCc1ccc(S(=O)(=O)N2CCOCC2)cc1. The largest absolute Gasteiger partial charge is 0.379 e. The summed E-state index contributed by atoms with van der Waals surface area (Å²) in [4.78, 5) is 26.9. The van der Waals surface area contributed by atoms with Crippen LogP contribution in [0, 0.1) is 0 Å². The first kappa shape index (κ1) is 22.4. The molecule has 0 unspecified atom stereocenters. The summed E-state index contributed by atoms with van der Waals surface area (Å²) in [6.45, 7) is 3.62. The highest BCUT2D eigenvalue weighted by atomic mass is 32.2. The first-order valence-corrected chi connectivity index (χ1v) is 12.1. The Morgan fingerprint density at radius 1 is 1.03 bits per heavy atom. The molecule has 4 rings (SSSR count). The molecule has 1 fully saturated rings. The van der Waals surface area contributed by atoms with Crippen molar-refractivity contribution in [3.8, 4) is 0 Å². The molecule has 2 amide bonds. The fraction of sp³-hybridized carbons (Fsp3) is 0.391. The highest BCUT2D eigenvalue weighted by Crippen LogP contribution is 2.24. The maximum absolute atomic E-state index is 12.9. The summed E-state index contributed by atoms with van der Waals surface area (Å²) in [5, 5.41) is 2.90. The van der Waals surface area contributed by atoms with Gasteiger partial charge in [0.05, 0.1) is 18.1 Å². The Hall–Kier alpha value is -2.75. The first-order chi connectivity index (χ1) is 15.4. The van der Waals surface area contributed by atoms with Gasteiger partial charge in [-0.3, -0.25) is 9.59 Å². The molecule has 0 aliphatic carbocycles. The smallest absolute Gasteiger partial charge is 0.243 e. The van der Waals surface area contributed by atoms with E-state index in [1.807, 2.05) is 24.3 Å². The van der Waals surface area contributed by atoms with Crippen molar-refractivity contribution in [1.29, 1.82) is 0 Å². The molecular formula is C23H27N3O5S. The quantitative estimate of drug-likeness (QED) is 0.730. The molecule has 0 saturated carbocycles. The highest BCUT2D eigenvalue weighted by molar-refractivity contribution is 7.89. The number of sulfonamides is 1. The number of hydrogen-bond acceptors (Lipinski definition) is 5. The van der Waals surface area contributed by atoms with Crippen LogP contribution >= 0.6 is 0 Å². The van der Waals surface area contributed by atoms with Crippen molar-refractivity contribution in [2.24, 2.45) is 0 Å². The monoisotopic (exact) mass is 457 g/mol. The molecule has 2 aliphatic heterocycles.